The van der Waals surface area contributed by atoms with Crippen molar-refractivity contribution in [2.24, 2.45) is 23.7 Å². The van der Waals surface area contributed by atoms with E-state index >= 15 is 0 Å². The predicted molar refractivity (Wildman–Crippen MR) is 99.0 cm³/mol. The highest BCUT2D eigenvalue weighted by Gasteiger charge is 2.36. The molecule has 3 rings (SSSR count). The van der Waals surface area contributed by atoms with Crippen LogP contribution in [0.4, 0.5) is 4.79 Å². The fourth-order valence-corrected chi connectivity index (χ4v) is 4.70. The zero-order chi connectivity index (χ0) is 17.3. The van der Waals surface area contributed by atoms with Gasteiger partial charge in [-0.3, -0.25) is 4.90 Å². The highest BCUT2D eigenvalue weighted by molar-refractivity contribution is 5.75. The zero-order valence-electron chi connectivity index (χ0n) is 16.2. The lowest BCUT2D eigenvalue weighted by Gasteiger charge is -2.47. The number of carbonyl (C=O) groups is 1. The zero-order valence-corrected chi connectivity index (χ0v) is 16.2. The minimum absolute atomic E-state index is 0.287. The summed E-state index contributed by atoms with van der Waals surface area (Å²) < 4.78 is 0. The fourth-order valence-electron chi connectivity index (χ4n) is 4.70. The van der Waals surface area contributed by atoms with Crippen LogP contribution in [0.2, 0.25) is 0 Å². The van der Waals surface area contributed by atoms with Gasteiger partial charge in [0, 0.05) is 45.3 Å². The Kier molecular flexibility index (Phi) is 5.74. The number of amides is 2. The average Bonchev–Trinajstić information content (AvgIpc) is 2.53. The van der Waals surface area contributed by atoms with Crippen LogP contribution in [0.3, 0.4) is 0 Å². The van der Waals surface area contributed by atoms with Crippen LogP contribution in [0, 0.1) is 23.7 Å². The van der Waals surface area contributed by atoms with Crippen LogP contribution in [0.15, 0.2) is 0 Å². The SMILES string of the molecule is CC(C)C1CCC(N2CCN(C(=O)N3CC(C(C)C)C3)CC2)CC1. The summed E-state index contributed by atoms with van der Waals surface area (Å²) in [6.07, 6.45) is 5.51. The topological polar surface area (TPSA) is 26.8 Å². The highest BCUT2D eigenvalue weighted by atomic mass is 16.2. The standard InChI is InChI=1S/C20H37N3O/c1-15(2)17-5-7-19(8-6-17)21-9-11-22(12-10-21)20(24)23-13-18(14-23)16(3)4/h15-19H,5-14H2,1-4H3. The van der Waals surface area contributed by atoms with Crippen LogP contribution in [0.25, 0.3) is 0 Å². The summed E-state index contributed by atoms with van der Waals surface area (Å²) in [7, 11) is 0. The van der Waals surface area contributed by atoms with Gasteiger partial charge in [-0.2, -0.15) is 0 Å². The van der Waals surface area contributed by atoms with Gasteiger partial charge in [0.1, 0.15) is 0 Å². The molecule has 1 saturated carbocycles. The summed E-state index contributed by atoms with van der Waals surface area (Å²) in [5, 5.41) is 0. The Bertz CT molecular complexity index is 415. The number of carbonyl (C=O) groups excluding carboxylic acids is 1. The molecule has 4 nitrogen and oxygen atoms in total. The Labute approximate surface area is 148 Å². The molecule has 138 valence electrons. The maximum Gasteiger partial charge on any atom is 0.320 e. The third-order valence-electron chi connectivity index (χ3n) is 6.91. The molecule has 0 spiro atoms. The van der Waals surface area contributed by atoms with E-state index in [1.807, 2.05) is 4.90 Å². The first-order valence-electron chi connectivity index (χ1n) is 10.2. The molecule has 0 aromatic carbocycles. The molecule has 1 aliphatic carbocycles. The van der Waals surface area contributed by atoms with Gasteiger partial charge in [0.15, 0.2) is 0 Å². The van der Waals surface area contributed by atoms with E-state index in [4.69, 9.17) is 0 Å². The number of hydrogen-bond acceptors (Lipinski definition) is 2. The van der Waals surface area contributed by atoms with Crippen molar-refractivity contribution in [2.75, 3.05) is 39.3 Å². The lowest BCUT2D eigenvalue weighted by atomic mass is 9.79. The summed E-state index contributed by atoms with van der Waals surface area (Å²) in [5.74, 6) is 3.19. The van der Waals surface area contributed by atoms with E-state index in [1.165, 1.54) is 25.7 Å². The van der Waals surface area contributed by atoms with E-state index in [-0.39, 0.29) is 6.03 Å². The molecule has 0 aromatic heterocycles. The van der Waals surface area contributed by atoms with Crippen LogP contribution in [-0.4, -0.2) is 66.0 Å². The largest absolute Gasteiger partial charge is 0.324 e. The molecule has 0 unspecified atom stereocenters. The van der Waals surface area contributed by atoms with E-state index in [2.05, 4.69) is 37.5 Å². The molecule has 2 aliphatic heterocycles. The summed E-state index contributed by atoms with van der Waals surface area (Å²) >= 11 is 0. The molecule has 0 bridgehead atoms. The monoisotopic (exact) mass is 335 g/mol. The van der Waals surface area contributed by atoms with Crippen molar-refractivity contribution < 1.29 is 4.79 Å². The Morgan fingerprint density at radius 3 is 1.79 bits per heavy atom. The van der Waals surface area contributed by atoms with Gasteiger partial charge in [0.25, 0.3) is 0 Å². The van der Waals surface area contributed by atoms with E-state index in [0.717, 1.165) is 57.1 Å². The van der Waals surface area contributed by atoms with Gasteiger partial charge < -0.3 is 9.80 Å². The Balaban J connectivity index is 1.39. The van der Waals surface area contributed by atoms with Crippen LogP contribution in [0.5, 0.6) is 0 Å². The third-order valence-corrected chi connectivity index (χ3v) is 6.91. The lowest BCUT2D eigenvalue weighted by molar-refractivity contribution is 0.0410. The van der Waals surface area contributed by atoms with Crippen molar-refractivity contribution >= 4 is 6.03 Å². The molecule has 4 heteroatoms. The van der Waals surface area contributed by atoms with Crippen molar-refractivity contribution in [3.63, 3.8) is 0 Å². The average molecular weight is 336 g/mol. The van der Waals surface area contributed by atoms with E-state index in [0.29, 0.717) is 11.8 Å². The van der Waals surface area contributed by atoms with Crippen LogP contribution < -0.4 is 0 Å². The molecular formula is C20H37N3O. The van der Waals surface area contributed by atoms with Crippen molar-refractivity contribution in [1.29, 1.82) is 0 Å². The molecule has 0 atom stereocenters. The van der Waals surface area contributed by atoms with E-state index in [1.54, 1.807) is 0 Å². The number of nitrogens with zero attached hydrogens (tertiary/aromatic N) is 3. The lowest BCUT2D eigenvalue weighted by Crippen LogP contribution is -2.60. The highest BCUT2D eigenvalue weighted by Crippen LogP contribution is 2.32. The van der Waals surface area contributed by atoms with Crippen molar-refractivity contribution in [2.45, 2.75) is 59.4 Å². The molecule has 2 amide bonds. The predicted octanol–water partition coefficient (Wildman–Crippen LogP) is 3.53. The van der Waals surface area contributed by atoms with Crippen LogP contribution >= 0.6 is 0 Å². The van der Waals surface area contributed by atoms with Gasteiger partial charge in [-0.1, -0.05) is 27.7 Å². The van der Waals surface area contributed by atoms with E-state index < -0.39 is 0 Å². The quantitative estimate of drug-likeness (QED) is 0.789. The van der Waals surface area contributed by atoms with Crippen molar-refractivity contribution in [3.8, 4) is 0 Å². The molecule has 3 aliphatic rings. The van der Waals surface area contributed by atoms with Crippen LogP contribution in [-0.2, 0) is 0 Å². The first-order valence-corrected chi connectivity index (χ1v) is 10.2. The normalized spacial score (nSPS) is 30.1. The molecule has 0 N–H and O–H groups in total. The smallest absolute Gasteiger partial charge is 0.320 e. The Hall–Kier alpha value is -0.770. The molecule has 3 fully saturated rings. The summed E-state index contributed by atoms with van der Waals surface area (Å²) in [4.78, 5) is 19.4. The fraction of sp³-hybridized carbons (Fsp3) is 0.950. The third kappa shape index (κ3) is 3.89. The van der Waals surface area contributed by atoms with Gasteiger partial charge >= 0.3 is 6.03 Å². The second-order valence-electron chi connectivity index (χ2n) is 9.03. The van der Waals surface area contributed by atoms with Gasteiger partial charge in [0.2, 0.25) is 0 Å². The first kappa shape index (κ1) is 18.0. The van der Waals surface area contributed by atoms with Gasteiger partial charge in [-0.15, -0.1) is 0 Å². The number of rotatable bonds is 3. The number of hydrogen-bond donors (Lipinski definition) is 0. The summed E-state index contributed by atoms with van der Waals surface area (Å²) in [6, 6.07) is 1.06. The molecule has 2 saturated heterocycles. The minimum Gasteiger partial charge on any atom is -0.324 e. The van der Waals surface area contributed by atoms with Crippen LogP contribution in [0.1, 0.15) is 53.4 Å². The maximum absolute atomic E-state index is 12.6. The van der Waals surface area contributed by atoms with Gasteiger partial charge in [-0.25, -0.2) is 4.79 Å². The summed E-state index contributed by atoms with van der Waals surface area (Å²) in [6.45, 7) is 15.2. The summed E-state index contributed by atoms with van der Waals surface area (Å²) in [5.41, 5.74) is 0. The number of urea groups is 1. The molecule has 0 aromatic rings. The first-order chi connectivity index (χ1) is 11.5. The van der Waals surface area contributed by atoms with E-state index in [9.17, 15) is 4.79 Å². The number of piperazine rings is 1. The molecular weight excluding hydrogens is 298 g/mol. The molecule has 0 radical (unpaired) electrons. The second-order valence-corrected chi connectivity index (χ2v) is 9.03. The van der Waals surface area contributed by atoms with Gasteiger partial charge in [0.05, 0.1) is 0 Å². The Morgan fingerprint density at radius 2 is 1.29 bits per heavy atom. The molecule has 2 heterocycles. The maximum atomic E-state index is 12.6. The van der Waals surface area contributed by atoms with Crippen molar-refractivity contribution in [1.82, 2.24) is 14.7 Å². The number of likely N-dealkylation sites (tertiary alicyclic amines) is 1. The second kappa shape index (κ2) is 7.63. The van der Waals surface area contributed by atoms with Crippen molar-refractivity contribution in [3.05, 3.63) is 0 Å². The van der Waals surface area contributed by atoms with Gasteiger partial charge in [-0.05, 0) is 49.4 Å². The molecule has 24 heavy (non-hydrogen) atoms. The Morgan fingerprint density at radius 1 is 0.750 bits per heavy atom. The minimum atomic E-state index is 0.287.